The zero-order valence-electron chi connectivity index (χ0n) is 12.8. The van der Waals surface area contributed by atoms with Crippen molar-refractivity contribution in [2.45, 2.75) is 19.9 Å². The quantitative estimate of drug-likeness (QED) is 0.652. The molecule has 1 fully saturated rings. The van der Waals surface area contributed by atoms with Gasteiger partial charge >= 0.3 is 5.97 Å². The molecular weight excluding hydrogens is 330 g/mol. The SMILES string of the molecule is CC(C)C(C(=O)O)N1C(=O)/C(=C/C=C/c2ccccc2)SC1=S. The molecule has 1 aliphatic rings. The van der Waals surface area contributed by atoms with Crippen molar-refractivity contribution in [2.24, 2.45) is 5.92 Å². The standard InChI is InChI=1S/C17H17NO3S2/c1-11(2)14(16(20)21)18-15(19)13(23-17(18)22)10-6-9-12-7-4-3-5-8-12/h3-11,14H,1-2H3,(H,20,21)/b9-6+,13-10-. The van der Waals surface area contributed by atoms with Crippen molar-refractivity contribution in [1.29, 1.82) is 0 Å². The number of hydrogen-bond donors (Lipinski definition) is 1. The Labute approximate surface area is 144 Å². The third kappa shape index (κ3) is 4.09. The molecule has 1 amide bonds. The summed E-state index contributed by atoms with van der Waals surface area (Å²) in [5.41, 5.74) is 1.02. The number of carbonyl (C=O) groups is 2. The number of amides is 1. The molecule has 1 aromatic carbocycles. The molecule has 0 aliphatic carbocycles. The van der Waals surface area contributed by atoms with Gasteiger partial charge in [0, 0.05) is 0 Å². The Morgan fingerprint density at radius 1 is 1.30 bits per heavy atom. The number of allylic oxidation sites excluding steroid dienone is 2. The Bertz CT molecular complexity index is 680. The molecule has 4 nitrogen and oxygen atoms in total. The van der Waals surface area contributed by atoms with E-state index in [9.17, 15) is 14.7 Å². The Hall–Kier alpha value is -1.92. The first-order chi connectivity index (χ1) is 10.9. The van der Waals surface area contributed by atoms with Crippen LogP contribution in [0.4, 0.5) is 0 Å². The fourth-order valence-electron chi connectivity index (χ4n) is 2.24. The Morgan fingerprint density at radius 3 is 2.52 bits per heavy atom. The van der Waals surface area contributed by atoms with E-state index in [2.05, 4.69) is 0 Å². The topological polar surface area (TPSA) is 57.6 Å². The minimum absolute atomic E-state index is 0.228. The number of carboxylic acids is 1. The summed E-state index contributed by atoms with van der Waals surface area (Å²) in [5, 5.41) is 9.35. The summed E-state index contributed by atoms with van der Waals surface area (Å²) in [6.45, 7) is 3.52. The fraction of sp³-hybridized carbons (Fsp3) is 0.235. The number of carbonyl (C=O) groups excluding carboxylic acids is 1. The van der Waals surface area contributed by atoms with E-state index >= 15 is 0 Å². The minimum atomic E-state index is -1.04. The van der Waals surface area contributed by atoms with Gasteiger partial charge in [-0.1, -0.05) is 80.3 Å². The van der Waals surface area contributed by atoms with Crippen molar-refractivity contribution in [3.8, 4) is 0 Å². The molecule has 6 heteroatoms. The van der Waals surface area contributed by atoms with E-state index in [1.54, 1.807) is 26.0 Å². The van der Waals surface area contributed by atoms with Crippen LogP contribution in [0.25, 0.3) is 6.08 Å². The lowest BCUT2D eigenvalue weighted by molar-refractivity contribution is -0.146. The predicted octanol–water partition coefficient (Wildman–Crippen LogP) is 3.55. The Balaban J connectivity index is 2.19. The Morgan fingerprint density at radius 2 is 1.96 bits per heavy atom. The first-order valence-corrected chi connectivity index (χ1v) is 8.36. The average Bonchev–Trinajstić information content (AvgIpc) is 2.76. The van der Waals surface area contributed by atoms with E-state index in [-0.39, 0.29) is 16.1 Å². The van der Waals surface area contributed by atoms with Crippen LogP contribution < -0.4 is 0 Å². The molecule has 0 spiro atoms. The first-order valence-electron chi connectivity index (χ1n) is 7.13. The fourth-order valence-corrected chi connectivity index (χ4v) is 3.52. The largest absolute Gasteiger partial charge is 0.480 e. The number of thioether (sulfide) groups is 1. The average molecular weight is 347 g/mol. The van der Waals surface area contributed by atoms with Crippen LogP contribution in [0.3, 0.4) is 0 Å². The second kappa shape index (κ2) is 7.57. The van der Waals surface area contributed by atoms with Crippen LogP contribution in [-0.2, 0) is 9.59 Å². The van der Waals surface area contributed by atoms with Gasteiger partial charge in [-0.2, -0.15) is 0 Å². The number of rotatable bonds is 5. The second-order valence-corrected chi connectivity index (χ2v) is 7.05. The van der Waals surface area contributed by atoms with Crippen molar-refractivity contribution in [3.05, 3.63) is 53.0 Å². The number of carboxylic acid groups (broad SMARTS) is 1. The van der Waals surface area contributed by atoms with E-state index in [4.69, 9.17) is 12.2 Å². The predicted molar refractivity (Wildman–Crippen MR) is 96.9 cm³/mol. The zero-order chi connectivity index (χ0) is 17.0. The van der Waals surface area contributed by atoms with Gasteiger partial charge in [-0.05, 0) is 17.6 Å². The molecule has 1 saturated heterocycles. The van der Waals surface area contributed by atoms with E-state index in [1.807, 2.05) is 36.4 Å². The molecule has 1 atom stereocenters. The van der Waals surface area contributed by atoms with Gasteiger partial charge in [-0.3, -0.25) is 9.69 Å². The van der Waals surface area contributed by atoms with Crippen molar-refractivity contribution in [2.75, 3.05) is 0 Å². The summed E-state index contributed by atoms with van der Waals surface area (Å²) in [4.78, 5) is 25.5. The summed E-state index contributed by atoms with van der Waals surface area (Å²) < 4.78 is 0.287. The highest BCUT2D eigenvalue weighted by Crippen LogP contribution is 2.34. The van der Waals surface area contributed by atoms with E-state index in [0.29, 0.717) is 4.91 Å². The molecule has 1 heterocycles. The van der Waals surface area contributed by atoms with Gasteiger partial charge in [-0.15, -0.1) is 0 Å². The molecule has 1 aliphatic heterocycles. The van der Waals surface area contributed by atoms with Crippen LogP contribution in [0.15, 0.2) is 47.4 Å². The minimum Gasteiger partial charge on any atom is -0.480 e. The van der Waals surface area contributed by atoms with Crippen LogP contribution in [-0.4, -0.2) is 32.2 Å². The number of hydrogen-bond acceptors (Lipinski definition) is 4. The van der Waals surface area contributed by atoms with Gasteiger partial charge in [0.25, 0.3) is 5.91 Å². The third-order valence-corrected chi connectivity index (χ3v) is 4.67. The number of aliphatic carboxylic acids is 1. The lowest BCUT2D eigenvalue weighted by atomic mass is 10.0. The zero-order valence-corrected chi connectivity index (χ0v) is 14.4. The van der Waals surface area contributed by atoms with Gasteiger partial charge in [0.1, 0.15) is 10.4 Å². The Kier molecular flexibility index (Phi) is 5.74. The molecule has 1 N–H and O–H groups in total. The first kappa shape index (κ1) is 17.4. The maximum Gasteiger partial charge on any atom is 0.327 e. The highest BCUT2D eigenvalue weighted by Gasteiger charge is 2.41. The van der Waals surface area contributed by atoms with Crippen LogP contribution in [0, 0.1) is 5.92 Å². The molecule has 0 radical (unpaired) electrons. The smallest absolute Gasteiger partial charge is 0.327 e. The van der Waals surface area contributed by atoms with E-state index in [0.717, 1.165) is 17.3 Å². The molecule has 23 heavy (non-hydrogen) atoms. The number of benzene rings is 1. The van der Waals surface area contributed by atoms with E-state index < -0.39 is 12.0 Å². The summed E-state index contributed by atoms with van der Waals surface area (Å²) >= 11 is 6.33. The molecule has 0 saturated carbocycles. The maximum atomic E-state index is 12.5. The monoisotopic (exact) mass is 347 g/mol. The molecule has 0 aromatic heterocycles. The van der Waals surface area contributed by atoms with Gasteiger partial charge in [0.05, 0.1) is 4.91 Å². The molecule has 0 bridgehead atoms. The van der Waals surface area contributed by atoms with Gasteiger partial charge < -0.3 is 5.11 Å². The molecular formula is C17H17NO3S2. The van der Waals surface area contributed by atoms with Crippen molar-refractivity contribution in [3.63, 3.8) is 0 Å². The molecule has 1 aromatic rings. The van der Waals surface area contributed by atoms with Crippen molar-refractivity contribution < 1.29 is 14.7 Å². The van der Waals surface area contributed by atoms with Crippen LogP contribution >= 0.6 is 24.0 Å². The van der Waals surface area contributed by atoms with Crippen LogP contribution in [0.1, 0.15) is 19.4 Å². The maximum absolute atomic E-state index is 12.5. The summed E-state index contributed by atoms with van der Waals surface area (Å²) in [6, 6.07) is 8.76. The second-order valence-electron chi connectivity index (χ2n) is 5.37. The summed E-state index contributed by atoms with van der Waals surface area (Å²) in [5.74, 6) is -1.62. The summed E-state index contributed by atoms with van der Waals surface area (Å²) in [7, 11) is 0. The van der Waals surface area contributed by atoms with E-state index in [1.165, 1.54) is 4.90 Å². The molecule has 120 valence electrons. The summed E-state index contributed by atoms with van der Waals surface area (Å²) in [6.07, 6.45) is 5.32. The van der Waals surface area contributed by atoms with Crippen molar-refractivity contribution in [1.82, 2.24) is 4.90 Å². The normalized spacial score (nSPS) is 18.4. The van der Waals surface area contributed by atoms with Gasteiger partial charge in [0.2, 0.25) is 0 Å². The number of nitrogens with zero attached hydrogens (tertiary/aromatic N) is 1. The van der Waals surface area contributed by atoms with Crippen LogP contribution in [0.5, 0.6) is 0 Å². The van der Waals surface area contributed by atoms with Gasteiger partial charge in [-0.25, -0.2) is 4.79 Å². The highest BCUT2D eigenvalue weighted by atomic mass is 32.2. The third-order valence-electron chi connectivity index (χ3n) is 3.32. The van der Waals surface area contributed by atoms with Gasteiger partial charge in [0.15, 0.2) is 0 Å². The lowest BCUT2D eigenvalue weighted by Crippen LogP contribution is -2.47. The number of thiocarbonyl (C=S) groups is 1. The molecule has 2 rings (SSSR count). The van der Waals surface area contributed by atoms with Crippen LogP contribution in [0.2, 0.25) is 0 Å². The molecule has 1 unspecified atom stereocenters. The highest BCUT2D eigenvalue weighted by molar-refractivity contribution is 8.26. The lowest BCUT2D eigenvalue weighted by Gasteiger charge is -2.26. The van der Waals surface area contributed by atoms with Crippen molar-refractivity contribution >= 4 is 46.3 Å².